The van der Waals surface area contributed by atoms with E-state index in [4.69, 9.17) is 19.9 Å². The van der Waals surface area contributed by atoms with Gasteiger partial charge in [0.2, 0.25) is 7.44 Å². The Kier molecular flexibility index (Phi) is 9.18. The van der Waals surface area contributed by atoms with Crippen molar-refractivity contribution in [3.63, 3.8) is 0 Å². The van der Waals surface area contributed by atoms with Gasteiger partial charge in [0, 0.05) is 6.20 Å². The monoisotopic (exact) mass is 592 g/mol. The fourth-order valence-electron chi connectivity index (χ4n) is 5.21. The van der Waals surface area contributed by atoms with Gasteiger partial charge in [0.1, 0.15) is 35.2 Å². The molecule has 2 aromatic rings. The predicted molar refractivity (Wildman–Crippen MR) is 156 cm³/mol. The lowest BCUT2D eigenvalue weighted by molar-refractivity contribution is -0.161. The van der Waals surface area contributed by atoms with Crippen LogP contribution >= 0.6 is 7.44 Å². The maximum atomic E-state index is 14.4. The van der Waals surface area contributed by atoms with Gasteiger partial charge in [-0.05, 0) is 78.2 Å². The number of imidazole rings is 1. The highest BCUT2D eigenvalue weighted by Crippen LogP contribution is 2.43. The van der Waals surface area contributed by atoms with Crippen molar-refractivity contribution in [1.29, 1.82) is 0 Å². The van der Waals surface area contributed by atoms with Crippen LogP contribution in [0.3, 0.4) is 0 Å². The van der Waals surface area contributed by atoms with Crippen molar-refractivity contribution >= 4 is 36.2 Å². The number of nitrogens with two attached hydrogens (primary N) is 1. The van der Waals surface area contributed by atoms with Crippen molar-refractivity contribution in [2.45, 2.75) is 110 Å². The summed E-state index contributed by atoms with van der Waals surface area (Å²) in [4.78, 5) is 34.9. The van der Waals surface area contributed by atoms with Gasteiger partial charge in [0.05, 0.1) is 24.7 Å². The summed E-state index contributed by atoms with van der Waals surface area (Å²) in [5, 5.41) is 5.95. The van der Waals surface area contributed by atoms with Crippen LogP contribution in [-0.2, 0) is 34.9 Å². The first-order valence-electron chi connectivity index (χ1n) is 14.3. The normalized spacial score (nSPS) is 25.0. The summed E-state index contributed by atoms with van der Waals surface area (Å²) in [7, 11) is -3.75. The first-order valence-corrected chi connectivity index (χ1v) is 16.2. The molecule has 0 radical (unpaired) electrons. The van der Waals surface area contributed by atoms with Crippen LogP contribution in [-0.4, -0.2) is 62.2 Å². The Bertz CT molecular complexity index is 1250. The Morgan fingerprint density at radius 1 is 1.02 bits per heavy atom. The summed E-state index contributed by atoms with van der Waals surface area (Å²) in [6.45, 7) is 12.9. The molecule has 1 atom stereocenters. The number of nitrogens with one attached hydrogen (secondary N) is 2. The molecule has 12 nitrogen and oxygen atoms in total. The van der Waals surface area contributed by atoms with Crippen molar-refractivity contribution < 1.29 is 28.4 Å². The Balaban J connectivity index is 1.46. The van der Waals surface area contributed by atoms with E-state index >= 15 is 0 Å². The number of nitrogens with zero attached hydrogens (tertiary/aromatic N) is 3. The van der Waals surface area contributed by atoms with E-state index in [0.717, 1.165) is 25.7 Å². The molecule has 2 aliphatic carbocycles. The average molecular weight is 593 g/mol. The van der Waals surface area contributed by atoms with E-state index in [1.54, 1.807) is 46.3 Å². The predicted octanol–water partition coefficient (Wildman–Crippen LogP) is 3.99. The van der Waals surface area contributed by atoms with Gasteiger partial charge in [0.15, 0.2) is 5.65 Å². The molecule has 0 spiro atoms. The van der Waals surface area contributed by atoms with Crippen LogP contribution in [0.2, 0.25) is 0 Å². The topological polar surface area (TPSA) is 160 Å². The minimum absolute atomic E-state index is 0.147. The van der Waals surface area contributed by atoms with Gasteiger partial charge in [-0.3, -0.25) is 14.2 Å². The number of fused-ring (bicyclic) bond motifs is 1. The summed E-state index contributed by atoms with van der Waals surface area (Å²) in [6.07, 6.45) is 5.44. The molecular weight excluding hydrogens is 547 g/mol. The molecule has 2 aliphatic rings. The average Bonchev–Trinajstić information content (AvgIpc) is 3.24. The Labute approximate surface area is 241 Å². The van der Waals surface area contributed by atoms with E-state index in [-0.39, 0.29) is 18.6 Å². The fraction of sp³-hybridized carbons (Fsp3) is 0.714. The summed E-state index contributed by atoms with van der Waals surface area (Å²) >= 11 is 0. The molecule has 2 saturated carbocycles. The van der Waals surface area contributed by atoms with E-state index in [1.807, 2.05) is 11.5 Å². The van der Waals surface area contributed by atoms with Crippen LogP contribution in [0.5, 0.6) is 0 Å². The second kappa shape index (κ2) is 12.0. The lowest BCUT2D eigenvalue weighted by Gasteiger charge is -2.39. The van der Waals surface area contributed by atoms with Gasteiger partial charge in [-0.25, -0.2) is 20.1 Å². The number of carbonyl (C=O) groups excluding carboxylic acids is 2. The third kappa shape index (κ3) is 7.66. The smallest absolute Gasteiger partial charge is 0.326 e. The molecule has 228 valence electrons. The zero-order valence-electron chi connectivity index (χ0n) is 25.2. The third-order valence-corrected chi connectivity index (χ3v) is 10.0. The Morgan fingerprint density at radius 2 is 1.54 bits per heavy atom. The quantitative estimate of drug-likeness (QED) is 0.228. The molecule has 2 heterocycles. The molecule has 2 fully saturated rings. The molecule has 0 unspecified atom stereocenters. The van der Waals surface area contributed by atoms with Gasteiger partial charge in [-0.1, -0.05) is 13.8 Å². The minimum atomic E-state index is -3.75. The molecular formula is C28H45N6O6P. The lowest BCUT2D eigenvalue weighted by atomic mass is 9.84. The Hall–Kier alpha value is -2.53. The highest BCUT2D eigenvalue weighted by atomic mass is 31.2. The number of hydrogen-bond donors (Lipinski definition) is 3. The van der Waals surface area contributed by atoms with Crippen molar-refractivity contribution in [2.24, 2.45) is 11.8 Å². The molecule has 13 heteroatoms. The highest BCUT2D eigenvalue weighted by molar-refractivity contribution is 7.59. The Morgan fingerprint density at radius 3 is 2.02 bits per heavy atom. The lowest BCUT2D eigenvalue weighted by Crippen LogP contribution is -2.55. The molecule has 0 saturated heterocycles. The van der Waals surface area contributed by atoms with E-state index in [1.165, 1.54) is 0 Å². The van der Waals surface area contributed by atoms with Crippen LogP contribution in [0, 0.1) is 11.8 Å². The SMILES string of the molecule is CC1CC(OC(=O)C(C)(C)NP(=O)(CO[C@H](C)Cn2cnc3c(N)ccnc32)NC(C)(C)C(=O)OC2CC(C)C2)C1. The number of anilines is 1. The van der Waals surface area contributed by atoms with Crippen LogP contribution < -0.4 is 15.9 Å². The summed E-state index contributed by atoms with van der Waals surface area (Å²) in [5.41, 5.74) is 5.10. The molecule has 4 N–H and O–H groups in total. The number of esters is 2. The van der Waals surface area contributed by atoms with Crippen LogP contribution in [0.4, 0.5) is 5.69 Å². The van der Waals surface area contributed by atoms with Crippen LogP contribution in [0.1, 0.15) is 74.1 Å². The number of ether oxygens (including phenoxy) is 3. The molecule has 41 heavy (non-hydrogen) atoms. The van der Waals surface area contributed by atoms with E-state index in [0.29, 0.717) is 35.2 Å². The van der Waals surface area contributed by atoms with Crippen LogP contribution in [0.25, 0.3) is 11.2 Å². The number of pyridine rings is 1. The van der Waals surface area contributed by atoms with Gasteiger partial charge in [-0.2, -0.15) is 0 Å². The van der Waals surface area contributed by atoms with Crippen LogP contribution in [0.15, 0.2) is 18.6 Å². The summed E-state index contributed by atoms with van der Waals surface area (Å²) < 4.78 is 33.7. The van der Waals surface area contributed by atoms with Crippen molar-refractivity contribution in [1.82, 2.24) is 24.7 Å². The van der Waals surface area contributed by atoms with Gasteiger partial charge in [-0.15, -0.1) is 0 Å². The van der Waals surface area contributed by atoms with E-state index in [9.17, 15) is 14.2 Å². The third-order valence-electron chi connectivity index (χ3n) is 7.68. The first kappa shape index (κ1) is 31.4. The maximum absolute atomic E-state index is 14.4. The largest absolute Gasteiger partial charge is 0.461 e. The maximum Gasteiger partial charge on any atom is 0.326 e. The molecule has 2 aromatic heterocycles. The standard InChI is InChI=1S/C28H45N6O6P/c1-17-10-20(11-17)39-25(35)27(4,5)32-41(37,33-28(6,7)26(36)40-21-12-18(2)13-21)16-38-19(3)14-34-15-31-23-22(29)8-9-30-24(23)34/h8-9,15,17-21H,10-14,16H2,1-7H3,(H2,29,30)(H2,32,33,37)/t17?,18?,19-,20?,21?,41?/m1/s1. The van der Waals surface area contributed by atoms with Gasteiger partial charge in [0.25, 0.3) is 0 Å². The van der Waals surface area contributed by atoms with Crippen molar-refractivity contribution in [3.05, 3.63) is 18.6 Å². The number of rotatable bonds is 13. The number of hydrogen-bond acceptors (Lipinski definition) is 9. The van der Waals surface area contributed by atoms with Crippen molar-refractivity contribution in [3.8, 4) is 0 Å². The molecule has 0 aliphatic heterocycles. The van der Waals surface area contributed by atoms with Crippen molar-refractivity contribution in [2.75, 3.05) is 12.1 Å². The van der Waals surface area contributed by atoms with Gasteiger partial charge < -0.3 is 24.5 Å². The zero-order valence-corrected chi connectivity index (χ0v) is 26.1. The second-order valence-electron chi connectivity index (χ2n) is 13.0. The highest BCUT2D eigenvalue weighted by Gasteiger charge is 2.45. The minimum Gasteiger partial charge on any atom is -0.461 e. The van der Waals surface area contributed by atoms with E-state index < -0.39 is 36.6 Å². The zero-order chi connectivity index (χ0) is 30.2. The summed E-state index contributed by atoms with van der Waals surface area (Å²) in [5.74, 6) is -0.00350. The molecule has 0 bridgehead atoms. The van der Waals surface area contributed by atoms with Gasteiger partial charge >= 0.3 is 11.9 Å². The first-order chi connectivity index (χ1) is 19.1. The number of carbonyl (C=O) groups is 2. The molecule has 0 aromatic carbocycles. The number of aromatic nitrogens is 3. The molecule has 4 rings (SSSR count). The fourth-order valence-corrected chi connectivity index (χ4v) is 7.85. The number of nitrogen functional groups attached to an aromatic ring is 1. The van der Waals surface area contributed by atoms with E-state index in [2.05, 4.69) is 34.0 Å². The second-order valence-corrected chi connectivity index (χ2v) is 15.2. The summed E-state index contributed by atoms with van der Waals surface area (Å²) in [6, 6.07) is 1.68. The molecule has 0 amide bonds.